The summed E-state index contributed by atoms with van der Waals surface area (Å²) >= 11 is 0. The number of fused-ring (bicyclic) bond motifs is 1. The summed E-state index contributed by atoms with van der Waals surface area (Å²) in [4.78, 5) is 2.38. The van der Waals surface area contributed by atoms with Crippen LogP contribution in [-0.2, 0) is 12.8 Å². The highest BCUT2D eigenvalue weighted by Crippen LogP contribution is 2.29. The second-order valence-corrected chi connectivity index (χ2v) is 5.27. The van der Waals surface area contributed by atoms with E-state index in [2.05, 4.69) is 54.4 Å². The molecule has 1 N–H and O–H groups in total. The first-order chi connectivity index (χ1) is 9.23. The number of nitrogens with zero attached hydrogens (tertiary/aromatic N) is 2. The molecule has 1 aliphatic carbocycles. The lowest BCUT2D eigenvalue weighted by molar-refractivity contribution is 0.287. The van der Waals surface area contributed by atoms with Gasteiger partial charge in [-0.25, -0.2) is 0 Å². The molecule has 0 saturated heterocycles. The molecule has 1 aliphatic rings. The summed E-state index contributed by atoms with van der Waals surface area (Å²) in [5.41, 5.74) is 2.25. The van der Waals surface area contributed by atoms with E-state index in [0.29, 0.717) is 0 Å². The highest BCUT2D eigenvalue weighted by atomic mass is 15.1. The van der Waals surface area contributed by atoms with E-state index in [9.17, 15) is 5.26 Å². The van der Waals surface area contributed by atoms with Crippen molar-refractivity contribution in [2.45, 2.75) is 32.2 Å². The maximum atomic E-state index is 9.54. The zero-order chi connectivity index (χ0) is 13.7. The second kappa shape index (κ2) is 6.18. The molecule has 0 aliphatic heterocycles. The zero-order valence-corrected chi connectivity index (χ0v) is 11.9. The Bertz CT molecular complexity index is 432. The van der Waals surface area contributed by atoms with E-state index >= 15 is 0 Å². The molecule has 19 heavy (non-hydrogen) atoms. The van der Waals surface area contributed by atoms with Crippen molar-refractivity contribution in [2.75, 3.05) is 26.2 Å². The minimum absolute atomic E-state index is 0.392. The number of hydrogen-bond donors (Lipinski definition) is 1. The molecular formula is C16H23N3. The maximum absolute atomic E-state index is 9.54. The predicted octanol–water partition coefficient (Wildman–Crippen LogP) is 1.98. The molecule has 102 valence electrons. The van der Waals surface area contributed by atoms with Gasteiger partial charge in [0, 0.05) is 25.9 Å². The third kappa shape index (κ3) is 3.15. The van der Waals surface area contributed by atoms with Crippen molar-refractivity contribution in [2.24, 2.45) is 0 Å². The van der Waals surface area contributed by atoms with Crippen LogP contribution in [0.3, 0.4) is 0 Å². The number of hydrogen-bond acceptors (Lipinski definition) is 3. The van der Waals surface area contributed by atoms with Crippen molar-refractivity contribution < 1.29 is 0 Å². The van der Waals surface area contributed by atoms with Crippen LogP contribution in [-0.4, -0.2) is 36.6 Å². The van der Waals surface area contributed by atoms with Gasteiger partial charge in [-0.2, -0.15) is 5.26 Å². The molecule has 3 heteroatoms. The molecule has 1 aromatic carbocycles. The summed E-state index contributed by atoms with van der Waals surface area (Å²) in [6.45, 7) is 8.37. The molecule has 1 aromatic rings. The summed E-state index contributed by atoms with van der Waals surface area (Å²) in [6.07, 6.45) is 1.66. The van der Waals surface area contributed by atoms with Gasteiger partial charge in [-0.3, -0.25) is 5.32 Å². The fourth-order valence-corrected chi connectivity index (χ4v) is 2.85. The Labute approximate surface area is 116 Å². The fourth-order valence-electron chi connectivity index (χ4n) is 2.85. The van der Waals surface area contributed by atoms with Gasteiger partial charge in [-0.15, -0.1) is 0 Å². The average molecular weight is 257 g/mol. The van der Waals surface area contributed by atoms with Crippen LogP contribution in [0.1, 0.15) is 25.0 Å². The third-order valence-electron chi connectivity index (χ3n) is 4.10. The number of nitrogens with one attached hydrogen (secondary N) is 1. The zero-order valence-electron chi connectivity index (χ0n) is 11.9. The smallest absolute Gasteiger partial charge is 0.114 e. The molecule has 0 heterocycles. The SMILES string of the molecule is CCN(CC)CCNC1(C#N)Cc2ccccc2C1. The van der Waals surface area contributed by atoms with E-state index in [4.69, 9.17) is 0 Å². The van der Waals surface area contributed by atoms with Gasteiger partial charge in [0.25, 0.3) is 0 Å². The Morgan fingerprint density at radius 2 is 1.79 bits per heavy atom. The van der Waals surface area contributed by atoms with Gasteiger partial charge in [0.1, 0.15) is 5.54 Å². The first-order valence-corrected chi connectivity index (χ1v) is 7.18. The van der Waals surface area contributed by atoms with Gasteiger partial charge in [-0.05, 0) is 24.2 Å². The summed E-state index contributed by atoms with van der Waals surface area (Å²) < 4.78 is 0. The van der Waals surface area contributed by atoms with Gasteiger partial charge in [0.15, 0.2) is 0 Å². The van der Waals surface area contributed by atoms with Crippen molar-refractivity contribution in [1.29, 1.82) is 5.26 Å². The predicted molar refractivity (Wildman–Crippen MR) is 78.0 cm³/mol. The normalized spacial score (nSPS) is 16.3. The van der Waals surface area contributed by atoms with Gasteiger partial charge in [0.05, 0.1) is 6.07 Å². The molecule has 0 atom stereocenters. The monoisotopic (exact) mass is 257 g/mol. The van der Waals surface area contributed by atoms with E-state index < -0.39 is 5.54 Å². The van der Waals surface area contributed by atoms with E-state index in [1.54, 1.807) is 0 Å². The lowest BCUT2D eigenvalue weighted by Gasteiger charge is -2.25. The van der Waals surface area contributed by atoms with Crippen LogP contribution in [0.5, 0.6) is 0 Å². The minimum Gasteiger partial charge on any atom is -0.303 e. The Kier molecular flexibility index (Phi) is 4.57. The molecule has 0 aromatic heterocycles. The van der Waals surface area contributed by atoms with E-state index in [-0.39, 0.29) is 0 Å². The van der Waals surface area contributed by atoms with Crippen LogP contribution in [0.15, 0.2) is 24.3 Å². The number of nitriles is 1. The summed E-state index contributed by atoms with van der Waals surface area (Å²) in [7, 11) is 0. The third-order valence-corrected chi connectivity index (χ3v) is 4.10. The summed E-state index contributed by atoms with van der Waals surface area (Å²) in [5.74, 6) is 0. The molecule has 0 radical (unpaired) electrons. The van der Waals surface area contributed by atoms with Crippen molar-refractivity contribution in [1.82, 2.24) is 10.2 Å². The lowest BCUT2D eigenvalue weighted by atomic mass is 9.98. The first kappa shape index (κ1) is 14.0. The molecule has 3 nitrogen and oxygen atoms in total. The molecule has 0 spiro atoms. The van der Waals surface area contributed by atoms with Crippen LogP contribution in [0.25, 0.3) is 0 Å². The molecule has 0 unspecified atom stereocenters. The van der Waals surface area contributed by atoms with Gasteiger partial charge in [-0.1, -0.05) is 38.1 Å². The summed E-state index contributed by atoms with van der Waals surface area (Å²) in [5, 5.41) is 13.0. The Morgan fingerprint density at radius 1 is 1.21 bits per heavy atom. The van der Waals surface area contributed by atoms with Crippen molar-refractivity contribution in [3.63, 3.8) is 0 Å². The number of rotatable bonds is 6. The van der Waals surface area contributed by atoms with Gasteiger partial charge >= 0.3 is 0 Å². The van der Waals surface area contributed by atoms with Gasteiger partial charge < -0.3 is 4.90 Å². The van der Waals surface area contributed by atoms with Crippen LogP contribution >= 0.6 is 0 Å². The standard InChI is InChI=1S/C16H23N3/c1-3-19(4-2)10-9-18-16(13-17)11-14-7-5-6-8-15(14)12-16/h5-8,18H,3-4,9-12H2,1-2H3. The van der Waals surface area contributed by atoms with Crippen LogP contribution in [0.4, 0.5) is 0 Å². The average Bonchev–Trinajstić information content (AvgIpc) is 2.82. The molecule has 0 saturated carbocycles. The highest BCUT2D eigenvalue weighted by molar-refractivity contribution is 5.39. The largest absolute Gasteiger partial charge is 0.303 e. The molecule has 0 fully saturated rings. The highest BCUT2D eigenvalue weighted by Gasteiger charge is 2.36. The van der Waals surface area contributed by atoms with Crippen LogP contribution in [0, 0.1) is 11.3 Å². The van der Waals surface area contributed by atoms with Crippen LogP contribution in [0.2, 0.25) is 0 Å². The Hall–Kier alpha value is -1.37. The Morgan fingerprint density at radius 3 is 2.26 bits per heavy atom. The second-order valence-electron chi connectivity index (χ2n) is 5.27. The molecule has 0 bridgehead atoms. The van der Waals surface area contributed by atoms with Crippen LogP contribution < -0.4 is 5.32 Å². The Balaban J connectivity index is 1.94. The van der Waals surface area contributed by atoms with Crippen molar-refractivity contribution in [3.8, 4) is 6.07 Å². The van der Waals surface area contributed by atoms with E-state index in [1.165, 1.54) is 11.1 Å². The van der Waals surface area contributed by atoms with Crippen molar-refractivity contribution >= 4 is 0 Å². The molecule has 2 rings (SSSR count). The molecule has 0 amide bonds. The molecular weight excluding hydrogens is 234 g/mol. The maximum Gasteiger partial charge on any atom is 0.114 e. The first-order valence-electron chi connectivity index (χ1n) is 7.18. The quantitative estimate of drug-likeness (QED) is 0.847. The topological polar surface area (TPSA) is 39.1 Å². The minimum atomic E-state index is -0.392. The van der Waals surface area contributed by atoms with Crippen molar-refractivity contribution in [3.05, 3.63) is 35.4 Å². The van der Waals surface area contributed by atoms with E-state index in [0.717, 1.165) is 39.0 Å². The fraction of sp³-hybridized carbons (Fsp3) is 0.562. The summed E-state index contributed by atoms with van der Waals surface area (Å²) in [6, 6.07) is 10.9. The number of likely N-dealkylation sites (N-methyl/N-ethyl adjacent to an activating group) is 1. The number of benzene rings is 1. The van der Waals surface area contributed by atoms with Gasteiger partial charge in [0.2, 0.25) is 0 Å². The lowest BCUT2D eigenvalue weighted by Crippen LogP contribution is -2.47. The van der Waals surface area contributed by atoms with E-state index in [1.807, 2.05) is 0 Å².